The van der Waals surface area contributed by atoms with Gasteiger partial charge in [0, 0.05) is 5.56 Å². The molecular weight excluding hydrogens is 344 g/mol. The lowest BCUT2D eigenvalue weighted by Crippen LogP contribution is -2.05. The smallest absolute Gasteiger partial charge is 0.203 e. The summed E-state index contributed by atoms with van der Waals surface area (Å²) in [6, 6.07) is 7.47. The van der Waals surface area contributed by atoms with Crippen LogP contribution in [0.1, 0.15) is 36.0 Å². The van der Waals surface area contributed by atoms with Crippen LogP contribution in [0.3, 0.4) is 0 Å². The molecule has 0 bridgehead atoms. The van der Waals surface area contributed by atoms with Crippen molar-refractivity contribution in [2.45, 2.75) is 25.7 Å². The quantitative estimate of drug-likeness (QED) is 0.835. The minimum atomic E-state index is 0.118. The van der Waals surface area contributed by atoms with E-state index in [2.05, 4.69) is 6.08 Å². The lowest BCUT2D eigenvalue weighted by molar-refractivity contribution is 0.321. The molecule has 0 atom stereocenters. The molecule has 144 valence electrons. The average Bonchev–Trinajstić information content (AvgIpc) is 2.67. The number of aromatic hydroxyl groups is 1. The zero-order valence-corrected chi connectivity index (χ0v) is 16.3. The Morgan fingerprint density at radius 3 is 2.19 bits per heavy atom. The van der Waals surface area contributed by atoms with Crippen molar-refractivity contribution in [1.82, 2.24) is 0 Å². The average molecular weight is 370 g/mol. The number of phenolic OH excluding ortho intramolecular Hbond substituents is 1. The first-order chi connectivity index (χ1) is 13.1. The number of fused-ring (bicyclic) bond motifs is 1. The van der Waals surface area contributed by atoms with E-state index in [1.54, 1.807) is 40.6 Å². The maximum Gasteiger partial charge on any atom is 0.203 e. The van der Waals surface area contributed by atoms with Gasteiger partial charge in [-0.05, 0) is 60.6 Å². The molecule has 3 rings (SSSR count). The Morgan fingerprint density at radius 1 is 0.815 bits per heavy atom. The Labute approximate surface area is 160 Å². The molecule has 0 fully saturated rings. The molecule has 0 amide bonds. The van der Waals surface area contributed by atoms with E-state index in [0.717, 1.165) is 47.9 Å². The number of benzene rings is 2. The molecule has 27 heavy (non-hydrogen) atoms. The molecule has 5 heteroatoms. The van der Waals surface area contributed by atoms with Crippen LogP contribution in [0.15, 0.2) is 30.3 Å². The van der Waals surface area contributed by atoms with Gasteiger partial charge >= 0.3 is 0 Å². The van der Waals surface area contributed by atoms with Crippen LogP contribution in [-0.4, -0.2) is 33.5 Å². The minimum Gasteiger partial charge on any atom is -0.504 e. The van der Waals surface area contributed by atoms with Gasteiger partial charge in [0.1, 0.15) is 0 Å². The number of ether oxygens (including phenoxy) is 4. The van der Waals surface area contributed by atoms with E-state index in [4.69, 9.17) is 18.9 Å². The van der Waals surface area contributed by atoms with Gasteiger partial charge in [-0.1, -0.05) is 12.1 Å². The standard InChI is InChI=1S/C22H26O5/c1-24-19-11-10-14(12-18(19)23)15-8-6-5-7-9-16-17(15)13-20(25-2)22(27-4)21(16)26-3/h8,10-13,23H,5-7,9H2,1-4H3. The van der Waals surface area contributed by atoms with Crippen molar-refractivity contribution in [2.24, 2.45) is 0 Å². The first-order valence-corrected chi connectivity index (χ1v) is 9.04. The number of methoxy groups -OCH3 is 4. The van der Waals surface area contributed by atoms with Crippen LogP contribution in [0, 0.1) is 0 Å². The summed E-state index contributed by atoms with van der Waals surface area (Å²) in [5.74, 6) is 2.51. The van der Waals surface area contributed by atoms with E-state index in [0.29, 0.717) is 23.0 Å². The number of hydrogen-bond acceptors (Lipinski definition) is 5. The van der Waals surface area contributed by atoms with Gasteiger partial charge < -0.3 is 24.1 Å². The zero-order chi connectivity index (χ0) is 19.4. The second kappa shape index (κ2) is 8.25. The van der Waals surface area contributed by atoms with Crippen molar-refractivity contribution < 1.29 is 24.1 Å². The van der Waals surface area contributed by atoms with Crippen molar-refractivity contribution in [1.29, 1.82) is 0 Å². The van der Waals surface area contributed by atoms with E-state index in [1.807, 2.05) is 12.1 Å². The maximum atomic E-state index is 10.3. The third-order valence-electron chi connectivity index (χ3n) is 4.94. The fraction of sp³-hybridized carbons (Fsp3) is 0.364. The Bertz CT molecular complexity index is 854. The van der Waals surface area contributed by atoms with Crippen LogP contribution in [0.5, 0.6) is 28.7 Å². The van der Waals surface area contributed by atoms with Crippen molar-refractivity contribution in [3.8, 4) is 28.7 Å². The molecule has 1 aliphatic carbocycles. The van der Waals surface area contributed by atoms with Crippen molar-refractivity contribution in [3.63, 3.8) is 0 Å². The molecule has 0 aliphatic heterocycles. The van der Waals surface area contributed by atoms with Gasteiger partial charge in [0.05, 0.1) is 28.4 Å². The fourth-order valence-electron chi connectivity index (χ4n) is 3.64. The molecule has 2 aromatic carbocycles. The molecule has 0 heterocycles. The fourth-order valence-corrected chi connectivity index (χ4v) is 3.64. The van der Waals surface area contributed by atoms with Crippen molar-refractivity contribution in [2.75, 3.05) is 28.4 Å². The predicted octanol–water partition coefficient (Wildman–Crippen LogP) is 4.58. The number of hydrogen-bond donors (Lipinski definition) is 1. The van der Waals surface area contributed by atoms with E-state index < -0.39 is 0 Å². The van der Waals surface area contributed by atoms with E-state index >= 15 is 0 Å². The molecular formula is C22H26O5. The molecule has 2 aromatic rings. The highest BCUT2D eigenvalue weighted by atomic mass is 16.5. The third kappa shape index (κ3) is 3.54. The molecule has 0 saturated carbocycles. The van der Waals surface area contributed by atoms with Crippen LogP contribution in [0.25, 0.3) is 5.57 Å². The van der Waals surface area contributed by atoms with E-state index in [1.165, 1.54) is 0 Å². The molecule has 0 saturated heterocycles. The molecule has 0 aromatic heterocycles. The second-order valence-electron chi connectivity index (χ2n) is 6.42. The first-order valence-electron chi connectivity index (χ1n) is 9.04. The van der Waals surface area contributed by atoms with Crippen molar-refractivity contribution in [3.05, 3.63) is 47.0 Å². The summed E-state index contributed by atoms with van der Waals surface area (Å²) in [6.07, 6.45) is 6.22. The van der Waals surface area contributed by atoms with Crippen LogP contribution in [0.2, 0.25) is 0 Å². The summed E-state index contributed by atoms with van der Waals surface area (Å²) in [6.45, 7) is 0. The van der Waals surface area contributed by atoms with Gasteiger partial charge in [0.25, 0.3) is 0 Å². The Hall–Kier alpha value is -2.82. The summed E-state index contributed by atoms with van der Waals surface area (Å²) in [5, 5.41) is 10.3. The maximum absolute atomic E-state index is 10.3. The molecule has 0 radical (unpaired) electrons. The topological polar surface area (TPSA) is 57.2 Å². The van der Waals surface area contributed by atoms with Gasteiger partial charge in [-0.2, -0.15) is 0 Å². The van der Waals surface area contributed by atoms with Gasteiger partial charge in [0.2, 0.25) is 5.75 Å². The normalized spacial score (nSPS) is 13.7. The predicted molar refractivity (Wildman–Crippen MR) is 105 cm³/mol. The van der Waals surface area contributed by atoms with Gasteiger partial charge in [-0.25, -0.2) is 0 Å². The van der Waals surface area contributed by atoms with Gasteiger partial charge in [-0.15, -0.1) is 0 Å². The van der Waals surface area contributed by atoms with Crippen LogP contribution >= 0.6 is 0 Å². The molecule has 1 N–H and O–H groups in total. The Morgan fingerprint density at radius 2 is 1.56 bits per heavy atom. The third-order valence-corrected chi connectivity index (χ3v) is 4.94. The van der Waals surface area contributed by atoms with Crippen LogP contribution in [-0.2, 0) is 6.42 Å². The SMILES string of the molecule is COc1ccc(C2=CCCCCc3c2cc(OC)c(OC)c3OC)cc1O. The van der Waals surface area contributed by atoms with Gasteiger partial charge in [0.15, 0.2) is 23.0 Å². The largest absolute Gasteiger partial charge is 0.504 e. The molecule has 5 nitrogen and oxygen atoms in total. The Kier molecular flexibility index (Phi) is 5.79. The summed E-state index contributed by atoms with van der Waals surface area (Å²) in [5.41, 5.74) is 4.10. The number of phenols is 1. The Balaban J connectivity index is 2.24. The lowest BCUT2D eigenvalue weighted by Gasteiger charge is -2.23. The summed E-state index contributed by atoms with van der Waals surface area (Å²) >= 11 is 0. The van der Waals surface area contributed by atoms with Crippen LogP contribution in [0.4, 0.5) is 0 Å². The highest BCUT2D eigenvalue weighted by molar-refractivity contribution is 5.85. The highest BCUT2D eigenvalue weighted by Crippen LogP contribution is 2.46. The monoisotopic (exact) mass is 370 g/mol. The minimum absolute atomic E-state index is 0.118. The van der Waals surface area contributed by atoms with Crippen LogP contribution < -0.4 is 18.9 Å². The van der Waals surface area contributed by atoms with E-state index in [9.17, 15) is 5.11 Å². The lowest BCUT2D eigenvalue weighted by atomic mass is 9.87. The summed E-state index contributed by atoms with van der Waals surface area (Å²) in [7, 11) is 6.43. The van der Waals surface area contributed by atoms with Crippen molar-refractivity contribution >= 4 is 5.57 Å². The van der Waals surface area contributed by atoms with Gasteiger partial charge in [-0.3, -0.25) is 0 Å². The number of allylic oxidation sites excluding steroid dienone is 1. The first kappa shape index (κ1) is 19.0. The summed E-state index contributed by atoms with van der Waals surface area (Å²) < 4.78 is 22.0. The molecule has 1 aliphatic rings. The van der Waals surface area contributed by atoms with E-state index in [-0.39, 0.29) is 5.75 Å². The second-order valence-corrected chi connectivity index (χ2v) is 6.42. The molecule has 0 spiro atoms. The number of rotatable bonds is 5. The summed E-state index contributed by atoms with van der Waals surface area (Å²) in [4.78, 5) is 0. The zero-order valence-electron chi connectivity index (χ0n) is 16.3. The highest BCUT2D eigenvalue weighted by Gasteiger charge is 2.24. The molecule has 0 unspecified atom stereocenters.